The first-order chi connectivity index (χ1) is 10.1. The predicted octanol–water partition coefficient (Wildman–Crippen LogP) is 1.68. The summed E-state index contributed by atoms with van der Waals surface area (Å²) in [6, 6.07) is 8.50. The van der Waals surface area contributed by atoms with E-state index < -0.39 is 0 Å². The molecule has 21 heavy (non-hydrogen) atoms. The number of carbonyl (C=O) groups excluding carboxylic acids is 1. The number of nitrogens with zero attached hydrogens (tertiary/aromatic N) is 2. The summed E-state index contributed by atoms with van der Waals surface area (Å²) in [5, 5.41) is 0. The van der Waals surface area contributed by atoms with Crippen molar-refractivity contribution in [3.8, 4) is 0 Å². The van der Waals surface area contributed by atoms with Gasteiger partial charge in [0.1, 0.15) is 0 Å². The molecule has 2 heterocycles. The Morgan fingerprint density at radius 3 is 2.81 bits per heavy atom. The smallest absolute Gasteiger partial charge is 0.239 e. The van der Waals surface area contributed by atoms with Crippen LogP contribution in [0.1, 0.15) is 25.0 Å². The first kappa shape index (κ1) is 14.5. The molecule has 4 heteroatoms. The molecule has 1 aromatic rings. The van der Waals surface area contributed by atoms with Crippen molar-refractivity contribution in [1.82, 2.24) is 9.80 Å². The maximum absolute atomic E-state index is 12.7. The van der Waals surface area contributed by atoms with E-state index in [1.807, 2.05) is 18.7 Å². The van der Waals surface area contributed by atoms with Crippen molar-refractivity contribution in [2.75, 3.05) is 26.2 Å². The first-order valence-electron chi connectivity index (χ1n) is 7.86. The standard InChI is InChI=1S/C17H24N2O2/c1-13-11-19(9-10-21-13)17(20)14(2)18-8-7-15-5-3-4-6-16(15)12-18/h3-6,13-14H,7-12H2,1-2H3. The number of ether oxygens (including phenoxy) is 1. The molecule has 0 radical (unpaired) electrons. The van der Waals surface area contributed by atoms with E-state index in [9.17, 15) is 4.79 Å². The maximum atomic E-state index is 12.7. The fourth-order valence-electron chi connectivity index (χ4n) is 3.29. The molecule has 0 bridgehead atoms. The second-order valence-electron chi connectivity index (χ2n) is 6.13. The molecule has 0 aromatic heterocycles. The van der Waals surface area contributed by atoms with E-state index in [-0.39, 0.29) is 18.1 Å². The number of rotatable bonds is 2. The Morgan fingerprint density at radius 1 is 1.29 bits per heavy atom. The quantitative estimate of drug-likeness (QED) is 0.830. The van der Waals surface area contributed by atoms with Crippen LogP contribution in [0.4, 0.5) is 0 Å². The third-order valence-electron chi connectivity index (χ3n) is 4.62. The molecular formula is C17H24N2O2. The summed E-state index contributed by atoms with van der Waals surface area (Å²) < 4.78 is 5.52. The molecule has 3 rings (SSSR count). The zero-order valence-electron chi connectivity index (χ0n) is 12.9. The second kappa shape index (κ2) is 6.16. The molecule has 1 aromatic carbocycles. The summed E-state index contributed by atoms with van der Waals surface area (Å²) in [4.78, 5) is 16.9. The van der Waals surface area contributed by atoms with Gasteiger partial charge in [-0.25, -0.2) is 0 Å². The van der Waals surface area contributed by atoms with Crippen molar-refractivity contribution in [3.05, 3.63) is 35.4 Å². The van der Waals surface area contributed by atoms with Crippen molar-refractivity contribution in [2.45, 2.75) is 39.0 Å². The van der Waals surface area contributed by atoms with Crippen molar-refractivity contribution in [1.29, 1.82) is 0 Å². The normalized spacial score (nSPS) is 24.5. The molecular weight excluding hydrogens is 264 g/mol. The number of carbonyl (C=O) groups is 1. The second-order valence-corrected chi connectivity index (χ2v) is 6.13. The summed E-state index contributed by atoms with van der Waals surface area (Å²) in [6.07, 6.45) is 1.19. The molecule has 2 aliphatic heterocycles. The minimum absolute atomic E-state index is 0.0522. The van der Waals surface area contributed by atoms with Gasteiger partial charge < -0.3 is 9.64 Å². The van der Waals surface area contributed by atoms with Crippen LogP contribution < -0.4 is 0 Å². The van der Waals surface area contributed by atoms with Crippen molar-refractivity contribution in [3.63, 3.8) is 0 Å². The van der Waals surface area contributed by atoms with Gasteiger partial charge >= 0.3 is 0 Å². The molecule has 2 aliphatic rings. The van der Waals surface area contributed by atoms with Crippen molar-refractivity contribution >= 4 is 5.91 Å². The number of morpholine rings is 1. The Hall–Kier alpha value is -1.39. The van der Waals surface area contributed by atoms with Crippen LogP contribution in [0.5, 0.6) is 0 Å². The molecule has 0 aliphatic carbocycles. The van der Waals surface area contributed by atoms with Crippen LogP contribution in [-0.2, 0) is 22.5 Å². The van der Waals surface area contributed by atoms with Crippen molar-refractivity contribution < 1.29 is 9.53 Å². The van der Waals surface area contributed by atoms with Gasteiger partial charge in [0.05, 0.1) is 18.8 Å². The molecule has 4 nitrogen and oxygen atoms in total. The number of benzene rings is 1. The summed E-state index contributed by atoms with van der Waals surface area (Å²) >= 11 is 0. The van der Waals surface area contributed by atoms with Crippen LogP contribution in [0, 0.1) is 0 Å². The minimum Gasteiger partial charge on any atom is -0.375 e. The van der Waals surface area contributed by atoms with E-state index in [0.29, 0.717) is 13.2 Å². The molecule has 1 amide bonds. The lowest BCUT2D eigenvalue weighted by Gasteiger charge is -2.38. The number of hydrogen-bond donors (Lipinski definition) is 0. The van der Waals surface area contributed by atoms with Crippen LogP contribution in [0.15, 0.2) is 24.3 Å². The van der Waals surface area contributed by atoms with Gasteiger partial charge in [0.2, 0.25) is 5.91 Å². The zero-order valence-corrected chi connectivity index (χ0v) is 12.9. The van der Waals surface area contributed by atoms with Crippen LogP contribution in [0.25, 0.3) is 0 Å². The highest BCUT2D eigenvalue weighted by molar-refractivity contribution is 5.81. The highest BCUT2D eigenvalue weighted by Gasteiger charge is 2.30. The monoisotopic (exact) mass is 288 g/mol. The lowest BCUT2D eigenvalue weighted by Crippen LogP contribution is -2.53. The number of hydrogen-bond acceptors (Lipinski definition) is 3. The van der Waals surface area contributed by atoms with E-state index in [1.165, 1.54) is 11.1 Å². The predicted molar refractivity (Wildman–Crippen MR) is 82.0 cm³/mol. The molecule has 2 unspecified atom stereocenters. The molecule has 0 spiro atoms. The fourth-order valence-corrected chi connectivity index (χ4v) is 3.29. The van der Waals surface area contributed by atoms with Gasteiger partial charge in [-0.05, 0) is 31.4 Å². The van der Waals surface area contributed by atoms with Crippen LogP contribution in [0.3, 0.4) is 0 Å². The van der Waals surface area contributed by atoms with Crippen LogP contribution in [-0.4, -0.2) is 54.1 Å². The van der Waals surface area contributed by atoms with E-state index in [0.717, 1.165) is 26.1 Å². The average Bonchev–Trinajstić information content (AvgIpc) is 2.53. The molecule has 1 saturated heterocycles. The van der Waals surface area contributed by atoms with Crippen LogP contribution >= 0.6 is 0 Å². The summed E-state index contributed by atoms with van der Waals surface area (Å²) in [5.41, 5.74) is 2.78. The molecule has 1 fully saturated rings. The van der Waals surface area contributed by atoms with Gasteiger partial charge in [-0.1, -0.05) is 24.3 Å². The van der Waals surface area contributed by atoms with Gasteiger partial charge in [0, 0.05) is 26.2 Å². The highest BCUT2D eigenvalue weighted by atomic mass is 16.5. The lowest BCUT2D eigenvalue weighted by molar-refractivity contribution is -0.143. The van der Waals surface area contributed by atoms with E-state index in [2.05, 4.69) is 29.2 Å². The summed E-state index contributed by atoms with van der Waals surface area (Å²) in [6.45, 7) is 8.00. The van der Waals surface area contributed by atoms with Gasteiger partial charge in [0.15, 0.2) is 0 Å². The third-order valence-corrected chi connectivity index (χ3v) is 4.62. The number of amides is 1. The third kappa shape index (κ3) is 3.11. The van der Waals surface area contributed by atoms with E-state index in [1.54, 1.807) is 0 Å². The van der Waals surface area contributed by atoms with Gasteiger partial charge in [-0.15, -0.1) is 0 Å². The summed E-state index contributed by atoms with van der Waals surface area (Å²) in [7, 11) is 0. The Morgan fingerprint density at radius 2 is 2.05 bits per heavy atom. The minimum atomic E-state index is -0.0522. The van der Waals surface area contributed by atoms with Gasteiger partial charge in [0.25, 0.3) is 0 Å². The lowest BCUT2D eigenvalue weighted by atomic mass is 9.98. The van der Waals surface area contributed by atoms with Crippen molar-refractivity contribution in [2.24, 2.45) is 0 Å². The van der Waals surface area contributed by atoms with Crippen LogP contribution in [0.2, 0.25) is 0 Å². The largest absolute Gasteiger partial charge is 0.375 e. The Labute approximate surface area is 126 Å². The first-order valence-corrected chi connectivity index (χ1v) is 7.86. The fraction of sp³-hybridized carbons (Fsp3) is 0.588. The zero-order chi connectivity index (χ0) is 14.8. The molecule has 0 N–H and O–H groups in total. The Bertz CT molecular complexity index is 517. The maximum Gasteiger partial charge on any atom is 0.239 e. The highest BCUT2D eigenvalue weighted by Crippen LogP contribution is 2.21. The topological polar surface area (TPSA) is 32.8 Å². The van der Waals surface area contributed by atoms with E-state index >= 15 is 0 Å². The molecule has 114 valence electrons. The van der Waals surface area contributed by atoms with E-state index in [4.69, 9.17) is 4.74 Å². The average molecular weight is 288 g/mol. The SMILES string of the molecule is CC1CN(C(=O)C(C)N2CCc3ccccc3C2)CCO1. The number of fused-ring (bicyclic) bond motifs is 1. The molecule has 2 atom stereocenters. The summed E-state index contributed by atoms with van der Waals surface area (Å²) in [5.74, 6) is 0.240. The Balaban J connectivity index is 1.66. The van der Waals surface area contributed by atoms with Gasteiger partial charge in [-0.3, -0.25) is 9.69 Å². The van der Waals surface area contributed by atoms with Gasteiger partial charge in [-0.2, -0.15) is 0 Å². The molecule has 0 saturated carbocycles. The Kier molecular flexibility index (Phi) is 4.27.